The zero-order valence-corrected chi connectivity index (χ0v) is 30.8. The van der Waals surface area contributed by atoms with Crippen molar-refractivity contribution < 1.29 is 14.2 Å². The molecule has 0 radical (unpaired) electrons. The predicted molar refractivity (Wildman–Crippen MR) is 197 cm³/mol. The van der Waals surface area contributed by atoms with Gasteiger partial charge >= 0.3 is 18.0 Å². The Balaban J connectivity index is 1.13. The second kappa shape index (κ2) is 13.9. The van der Waals surface area contributed by atoms with Crippen molar-refractivity contribution in [3.8, 4) is 69.1 Å². The molecule has 0 saturated carbocycles. The third-order valence-corrected chi connectivity index (χ3v) is 8.05. The summed E-state index contributed by atoms with van der Waals surface area (Å²) in [4.78, 5) is 13.3. The second-order valence-electron chi connectivity index (χ2n) is 14.7. The fraction of sp³-hybridized carbons (Fsp3) is 0.289. The molecule has 0 saturated heterocycles. The molecule has 0 atom stereocenters. The molecule has 0 unspecified atom stereocenters. The van der Waals surface area contributed by atoms with Gasteiger partial charge in [-0.25, -0.2) is 14.0 Å². The van der Waals surface area contributed by atoms with Gasteiger partial charge in [-0.15, -0.1) is 30.2 Å². The lowest BCUT2D eigenvalue weighted by atomic mass is 10.1. The maximum atomic E-state index is 6.09. The van der Waals surface area contributed by atoms with Gasteiger partial charge in [-0.2, -0.15) is 0 Å². The van der Waals surface area contributed by atoms with Crippen LogP contribution in [0.2, 0.25) is 0 Å². The van der Waals surface area contributed by atoms with Crippen LogP contribution >= 0.6 is 0 Å². The Kier molecular flexibility index (Phi) is 9.16. The molecular weight excluding hydrogens is 672 g/mol. The van der Waals surface area contributed by atoms with Gasteiger partial charge in [0.2, 0.25) is 0 Å². The van der Waals surface area contributed by atoms with E-state index >= 15 is 0 Å². The van der Waals surface area contributed by atoms with E-state index in [1.54, 1.807) is 36.4 Å². The largest absolute Gasteiger partial charge is 0.424 e. The van der Waals surface area contributed by atoms with Crippen LogP contribution in [0, 0.1) is 0 Å². The van der Waals surface area contributed by atoms with Crippen molar-refractivity contribution in [2.75, 3.05) is 0 Å². The van der Waals surface area contributed by atoms with Gasteiger partial charge in [-0.05, 0) is 128 Å². The molecule has 0 fully saturated rings. The fourth-order valence-electron chi connectivity index (χ4n) is 4.96. The molecule has 15 nitrogen and oxygen atoms in total. The van der Waals surface area contributed by atoms with E-state index in [0.717, 1.165) is 33.8 Å². The third kappa shape index (κ3) is 8.19. The number of aromatic nitrogens is 12. The molecule has 7 rings (SSSR count). The first-order chi connectivity index (χ1) is 25.3. The molecular formula is C38H40N12O3. The molecule has 15 heteroatoms. The average Bonchev–Trinajstić information content (AvgIpc) is 3.91. The van der Waals surface area contributed by atoms with Crippen molar-refractivity contribution in [1.82, 2.24) is 59.9 Å². The van der Waals surface area contributed by atoms with Gasteiger partial charge in [0, 0.05) is 22.7 Å². The molecule has 0 aliphatic carbocycles. The topological polar surface area (TPSA) is 158 Å². The van der Waals surface area contributed by atoms with E-state index < -0.39 is 0 Å². The summed E-state index contributed by atoms with van der Waals surface area (Å²) >= 11 is 0. The normalized spacial score (nSPS) is 11.9. The van der Waals surface area contributed by atoms with Gasteiger partial charge < -0.3 is 14.2 Å². The van der Waals surface area contributed by atoms with Crippen molar-refractivity contribution in [3.05, 3.63) is 91.4 Å². The Morgan fingerprint density at radius 1 is 0.453 bits per heavy atom. The van der Waals surface area contributed by atoms with E-state index in [9.17, 15) is 0 Å². The summed E-state index contributed by atoms with van der Waals surface area (Å²) in [6, 6.07) is 22.3. The Morgan fingerprint density at radius 2 is 0.774 bits per heavy atom. The molecule has 0 aliphatic rings. The Bertz CT molecular complexity index is 2200. The van der Waals surface area contributed by atoms with Gasteiger partial charge in [-0.3, -0.25) is 0 Å². The summed E-state index contributed by atoms with van der Waals surface area (Å²) in [5.41, 5.74) is 4.55. The van der Waals surface area contributed by atoms with E-state index in [0.29, 0.717) is 17.2 Å². The minimum absolute atomic E-state index is 0.0191. The number of rotatable bonds is 10. The highest BCUT2D eigenvalue weighted by Gasteiger charge is 2.18. The highest BCUT2D eigenvalue weighted by atomic mass is 16.5. The van der Waals surface area contributed by atoms with Gasteiger partial charge in [0.25, 0.3) is 0 Å². The minimum atomic E-state index is -0.181. The van der Waals surface area contributed by atoms with Crippen LogP contribution in [0.25, 0.3) is 33.8 Å². The van der Waals surface area contributed by atoms with Crippen LogP contribution in [0.15, 0.2) is 91.4 Å². The molecule has 7 aromatic rings. The first-order valence-corrected chi connectivity index (χ1v) is 17.2. The molecule has 4 aromatic heterocycles. The van der Waals surface area contributed by atoms with Crippen LogP contribution in [-0.2, 0) is 11.1 Å². The number of hydrogen-bond acceptors (Lipinski definition) is 12. The monoisotopic (exact) mass is 712 g/mol. The van der Waals surface area contributed by atoms with Gasteiger partial charge in [0.05, 0.1) is 29.7 Å². The highest BCUT2D eigenvalue weighted by Crippen LogP contribution is 2.31. The maximum absolute atomic E-state index is 6.09. The van der Waals surface area contributed by atoms with Crippen molar-refractivity contribution in [2.24, 2.45) is 0 Å². The van der Waals surface area contributed by atoms with Crippen molar-refractivity contribution >= 4 is 0 Å². The van der Waals surface area contributed by atoms with Gasteiger partial charge in [0.1, 0.15) is 34.3 Å². The first-order valence-electron chi connectivity index (χ1n) is 17.2. The summed E-state index contributed by atoms with van der Waals surface area (Å²) in [6.07, 6.45) is 5.74. The lowest BCUT2D eigenvalue weighted by Crippen LogP contribution is -2.22. The Morgan fingerprint density at radius 3 is 1.06 bits per heavy atom. The number of ether oxygens (including phenoxy) is 3. The SMILES string of the molecule is CC(C)n1cc(-c2ccc(Oc3nc(Oc4ccc(-c5cn(C(C)(C)C)nn5)cc4)nc(Oc4ccc(-c5cn(C(C)(C)C)nn5)cc4)n3)cc2)nn1. The zero-order valence-electron chi connectivity index (χ0n) is 30.8. The van der Waals surface area contributed by atoms with E-state index in [-0.39, 0.29) is 35.2 Å². The van der Waals surface area contributed by atoms with E-state index in [1.165, 1.54) is 0 Å². The molecule has 0 spiro atoms. The average molecular weight is 713 g/mol. The van der Waals surface area contributed by atoms with E-state index in [2.05, 4.69) is 87.4 Å². The van der Waals surface area contributed by atoms with Crippen LogP contribution < -0.4 is 14.2 Å². The molecule has 4 heterocycles. The molecule has 53 heavy (non-hydrogen) atoms. The summed E-state index contributed by atoms with van der Waals surface area (Å²) in [5, 5.41) is 25.7. The minimum Gasteiger partial charge on any atom is -0.424 e. The number of benzene rings is 3. The number of hydrogen-bond donors (Lipinski definition) is 0. The lowest BCUT2D eigenvalue weighted by Gasteiger charge is -2.17. The number of nitrogens with zero attached hydrogens (tertiary/aromatic N) is 12. The van der Waals surface area contributed by atoms with Crippen LogP contribution in [0.4, 0.5) is 0 Å². The van der Waals surface area contributed by atoms with Crippen LogP contribution in [-0.4, -0.2) is 59.9 Å². The maximum Gasteiger partial charge on any atom is 0.331 e. The fourth-order valence-corrected chi connectivity index (χ4v) is 4.96. The summed E-state index contributed by atoms with van der Waals surface area (Å²) in [5.74, 6) is 1.48. The van der Waals surface area contributed by atoms with Gasteiger partial charge in [0.15, 0.2) is 0 Å². The first kappa shape index (κ1) is 34.9. The predicted octanol–water partition coefficient (Wildman–Crippen LogP) is 8.11. The quantitative estimate of drug-likeness (QED) is 0.134. The zero-order chi connectivity index (χ0) is 37.3. The Hall–Kier alpha value is -6.51. The summed E-state index contributed by atoms with van der Waals surface area (Å²) in [6.45, 7) is 16.5. The molecule has 0 N–H and O–H groups in total. The highest BCUT2D eigenvalue weighted by molar-refractivity contribution is 5.60. The standard InChI is InChI=1S/C38H40N12O3/c1-24(2)48-21-31(42-45-48)25-9-15-28(16-10-25)51-34-39-35(52-29-17-11-26(12-18-29)32-22-49(46-43-32)37(3,4)5)41-36(40-34)53-30-19-13-27(14-20-30)33-23-50(47-44-33)38(6,7)8/h9-24H,1-8H3. The van der Waals surface area contributed by atoms with E-state index in [4.69, 9.17) is 14.2 Å². The molecule has 0 aliphatic heterocycles. The van der Waals surface area contributed by atoms with Crippen LogP contribution in [0.5, 0.6) is 35.3 Å². The van der Waals surface area contributed by atoms with Crippen molar-refractivity contribution in [3.63, 3.8) is 0 Å². The van der Waals surface area contributed by atoms with Crippen LogP contribution in [0.3, 0.4) is 0 Å². The second-order valence-corrected chi connectivity index (χ2v) is 14.7. The van der Waals surface area contributed by atoms with Gasteiger partial charge in [-0.1, -0.05) is 15.6 Å². The smallest absolute Gasteiger partial charge is 0.331 e. The van der Waals surface area contributed by atoms with Crippen molar-refractivity contribution in [1.29, 1.82) is 0 Å². The molecule has 270 valence electrons. The third-order valence-electron chi connectivity index (χ3n) is 8.05. The Labute approximate surface area is 306 Å². The molecule has 3 aromatic carbocycles. The summed E-state index contributed by atoms with van der Waals surface area (Å²) < 4.78 is 23.7. The van der Waals surface area contributed by atoms with E-state index in [1.807, 2.05) is 82.9 Å². The molecule has 0 amide bonds. The molecule has 0 bridgehead atoms. The summed E-state index contributed by atoms with van der Waals surface area (Å²) in [7, 11) is 0. The lowest BCUT2D eigenvalue weighted by molar-refractivity contribution is 0.346. The van der Waals surface area contributed by atoms with Crippen molar-refractivity contribution in [2.45, 2.75) is 72.5 Å². The van der Waals surface area contributed by atoms with Crippen LogP contribution in [0.1, 0.15) is 61.4 Å².